The topological polar surface area (TPSA) is 125 Å². The van der Waals surface area contributed by atoms with Crippen molar-refractivity contribution >= 4 is 75.1 Å². The quantitative estimate of drug-likeness (QED) is 0.141. The third-order valence-electron chi connectivity index (χ3n) is 12.2. The maximum Gasteiger partial charge on any atom is 0.260 e. The van der Waals surface area contributed by atoms with Crippen LogP contribution in [0.1, 0.15) is 62.0 Å². The van der Waals surface area contributed by atoms with Gasteiger partial charge in [-0.25, -0.2) is 0 Å². The minimum atomic E-state index is -1.52. The molecule has 3 aliphatic carbocycles. The van der Waals surface area contributed by atoms with E-state index in [1.165, 1.54) is 18.1 Å². The van der Waals surface area contributed by atoms with Crippen LogP contribution in [0.4, 0.5) is 5.69 Å². The van der Waals surface area contributed by atoms with Crippen molar-refractivity contribution in [1.29, 1.82) is 0 Å². The number of likely N-dealkylation sites (tertiary alicyclic amines) is 1. The van der Waals surface area contributed by atoms with Gasteiger partial charge in [-0.1, -0.05) is 66.2 Å². The summed E-state index contributed by atoms with van der Waals surface area (Å²) >= 11 is 14.8. The van der Waals surface area contributed by atoms with Crippen molar-refractivity contribution in [2.75, 3.05) is 19.6 Å². The number of benzene rings is 3. The molecule has 276 valence electrons. The van der Waals surface area contributed by atoms with Crippen molar-refractivity contribution in [1.82, 2.24) is 9.91 Å². The average molecular weight is 871 g/mol. The van der Waals surface area contributed by atoms with Gasteiger partial charge in [-0.15, -0.1) is 0 Å². The molecule has 0 bridgehead atoms. The molecule has 5 aliphatic rings. The number of ether oxygens (including phenoxy) is 2. The fourth-order valence-electron chi connectivity index (χ4n) is 9.86. The predicted octanol–water partition coefficient (Wildman–Crippen LogP) is 7.64. The maximum atomic E-state index is 15.5. The second-order valence-electron chi connectivity index (χ2n) is 14.6. The van der Waals surface area contributed by atoms with E-state index in [9.17, 15) is 19.5 Å². The van der Waals surface area contributed by atoms with Crippen LogP contribution in [0, 0.1) is 27.2 Å². The van der Waals surface area contributed by atoms with Gasteiger partial charge in [0.15, 0.2) is 11.5 Å². The lowest BCUT2D eigenvalue weighted by molar-refractivity contribution is -0.144. The summed E-state index contributed by atoms with van der Waals surface area (Å²) < 4.78 is 11.6. The van der Waals surface area contributed by atoms with Crippen LogP contribution < -0.4 is 14.9 Å². The van der Waals surface area contributed by atoms with E-state index < -0.39 is 46.8 Å². The van der Waals surface area contributed by atoms with Gasteiger partial charge in [0.05, 0.1) is 51.7 Å². The lowest BCUT2D eigenvalue weighted by Gasteiger charge is -2.50. The molecule has 0 radical (unpaired) electrons. The molecule has 8 rings (SSSR count). The minimum absolute atomic E-state index is 0.0499. The highest BCUT2D eigenvalue weighted by Gasteiger charge is 2.70. The highest BCUT2D eigenvalue weighted by Crippen LogP contribution is 2.65. The number of imide groups is 2. The number of methoxy groups -OCH3 is 2. The van der Waals surface area contributed by atoms with E-state index in [1.807, 2.05) is 40.8 Å². The number of nitrogens with one attached hydrogen (secondary N) is 1. The highest BCUT2D eigenvalue weighted by molar-refractivity contribution is 14.1. The molecule has 4 fully saturated rings. The molecular formula is C40H38Cl2IN3O7. The Morgan fingerprint density at radius 2 is 1.62 bits per heavy atom. The molecule has 0 spiro atoms. The summed E-state index contributed by atoms with van der Waals surface area (Å²) in [5.41, 5.74) is 3.85. The van der Waals surface area contributed by atoms with Crippen LogP contribution in [0.5, 0.6) is 17.2 Å². The second-order valence-corrected chi connectivity index (χ2v) is 16.6. The number of phenolic OH excluding ortho intramolecular Hbond substituents is 1. The number of hydrogen-bond donors (Lipinski definition) is 2. The summed E-state index contributed by atoms with van der Waals surface area (Å²) in [6.45, 7) is 0. The van der Waals surface area contributed by atoms with E-state index in [1.54, 1.807) is 43.5 Å². The van der Waals surface area contributed by atoms with Crippen molar-refractivity contribution in [3.8, 4) is 17.2 Å². The number of carbonyl (C=O) groups is 4. The van der Waals surface area contributed by atoms with E-state index >= 15 is 4.79 Å². The van der Waals surface area contributed by atoms with Gasteiger partial charge in [0.2, 0.25) is 11.8 Å². The number of fused-ring (bicyclic) bond motifs is 4. The van der Waals surface area contributed by atoms with Gasteiger partial charge in [0, 0.05) is 17.0 Å². The maximum absolute atomic E-state index is 15.5. The van der Waals surface area contributed by atoms with Crippen LogP contribution in [-0.4, -0.2) is 58.9 Å². The van der Waals surface area contributed by atoms with Crippen molar-refractivity contribution < 1.29 is 33.8 Å². The molecule has 3 aromatic rings. The standard InChI is InChI=1S/C40H38Cl2IN3O7/c1-52-24-11-8-21(9-12-24)40-28(37(49)46(39(40)51)44-31-15-10-22(41)18-29(31)42)19-27-25(34(40)20-16-30(43)35(47)32(17-20)53-2)13-14-26-33(27)38(50)45(36(26)48)23-6-4-3-5-7-23/h8-13,15-18,23,26-28,33-34,44,47H,3-7,14,19H2,1-2H3. The summed E-state index contributed by atoms with van der Waals surface area (Å²) in [5.74, 6) is -4.05. The van der Waals surface area contributed by atoms with Gasteiger partial charge in [-0.2, -0.15) is 5.01 Å². The summed E-state index contributed by atoms with van der Waals surface area (Å²) in [7, 11) is 3.01. The zero-order valence-electron chi connectivity index (χ0n) is 29.1. The minimum Gasteiger partial charge on any atom is -0.504 e. The van der Waals surface area contributed by atoms with E-state index in [4.69, 9.17) is 32.7 Å². The monoisotopic (exact) mass is 869 g/mol. The number of carbonyl (C=O) groups excluding carboxylic acids is 4. The normalized spacial score (nSPS) is 28.4. The Morgan fingerprint density at radius 1 is 0.887 bits per heavy atom. The first-order valence-electron chi connectivity index (χ1n) is 17.9. The van der Waals surface area contributed by atoms with E-state index in [2.05, 4.69) is 5.43 Å². The summed E-state index contributed by atoms with van der Waals surface area (Å²) in [4.78, 5) is 60.7. The van der Waals surface area contributed by atoms with Crippen molar-refractivity contribution in [3.63, 3.8) is 0 Å². The molecule has 2 aliphatic heterocycles. The average Bonchev–Trinajstić information content (AvgIpc) is 3.54. The van der Waals surface area contributed by atoms with Crippen LogP contribution >= 0.6 is 45.8 Å². The number of nitrogens with zero attached hydrogens (tertiary/aromatic N) is 2. The third-order valence-corrected chi connectivity index (χ3v) is 13.5. The number of hydrazine groups is 1. The molecule has 2 heterocycles. The van der Waals surface area contributed by atoms with Crippen molar-refractivity contribution in [2.24, 2.45) is 23.7 Å². The molecular weight excluding hydrogens is 832 g/mol. The summed E-state index contributed by atoms with van der Waals surface area (Å²) in [6.07, 6.45) is 7.14. The molecule has 53 heavy (non-hydrogen) atoms. The fraction of sp³-hybridized carbons (Fsp3) is 0.400. The third kappa shape index (κ3) is 5.54. The van der Waals surface area contributed by atoms with Crippen LogP contribution in [-0.2, 0) is 24.6 Å². The van der Waals surface area contributed by atoms with Crippen molar-refractivity contribution in [3.05, 3.63) is 91.0 Å². The number of rotatable bonds is 7. The Labute approximate surface area is 330 Å². The molecule has 4 amide bonds. The number of anilines is 1. The molecule has 10 nitrogen and oxygen atoms in total. The molecule has 2 saturated carbocycles. The molecule has 6 unspecified atom stereocenters. The van der Waals surface area contributed by atoms with Gasteiger partial charge in [0.25, 0.3) is 11.8 Å². The number of halogens is 3. The molecule has 2 saturated heterocycles. The molecule has 13 heteroatoms. The lowest BCUT2D eigenvalue weighted by Crippen LogP contribution is -2.53. The van der Waals surface area contributed by atoms with Crippen molar-refractivity contribution in [2.45, 2.75) is 62.3 Å². The zero-order valence-corrected chi connectivity index (χ0v) is 32.8. The Bertz CT molecular complexity index is 2070. The Balaban J connectivity index is 1.34. The second kappa shape index (κ2) is 13.8. The summed E-state index contributed by atoms with van der Waals surface area (Å²) in [6, 6.07) is 15.3. The van der Waals surface area contributed by atoms with Crippen LogP contribution in [0.2, 0.25) is 10.0 Å². The largest absolute Gasteiger partial charge is 0.504 e. The Hall–Kier alpha value is -3.81. The zero-order chi connectivity index (χ0) is 37.3. The van der Waals surface area contributed by atoms with Gasteiger partial charge >= 0.3 is 0 Å². The van der Waals surface area contributed by atoms with E-state index in [0.717, 1.165) is 42.7 Å². The predicted molar refractivity (Wildman–Crippen MR) is 207 cm³/mol. The van der Waals surface area contributed by atoms with Crippen LogP contribution in [0.15, 0.2) is 66.2 Å². The fourth-order valence-corrected chi connectivity index (χ4v) is 10.9. The van der Waals surface area contributed by atoms with E-state index in [0.29, 0.717) is 37.6 Å². The first kappa shape index (κ1) is 36.2. The number of phenols is 1. The number of allylic oxidation sites excluding steroid dienone is 2. The molecule has 3 aromatic carbocycles. The van der Waals surface area contributed by atoms with Crippen LogP contribution in [0.25, 0.3) is 0 Å². The number of aromatic hydroxyl groups is 1. The van der Waals surface area contributed by atoms with Gasteiger partial charge < -0.3 is 14.6 Å². The lowest BCUT2D eigenvalue weighted by atomic mass is 9.49. The first-order chi connectivity index (χ1) is 25.5. The Kier molecular flexibility index (Phi) is 9.42. The SMILES string of the molecule is COc1ccc(C23C(=O)N(Nc4ccc(Cl)cc4Cl)C(=O)C2CC2C(=CCC4C(=O)N(C5CCCCC5)C(=O)C42)C3c2cc(I)c(O)c(OC)c2)cc1. The Morgan fingerprint density at radius 3 is 2.30 bits per heavy atom. The number of amides is 4. The highest BCUT2D eigenvalue weighted by atomic mass is 127. The number of hydrogen-bond acceptors (Lipinski definition) is 8. The van der Waals surface area contributed by atoms with Gasteiger partial charge in [-0.05, 0) is 108 Å². The van der Waals surface area contributed by atoms with Gasteiger partial charge in [0.1, 0.15) is 5.75 Å². The molecule has 6 atom stereocenters. The molecule has 0 aromatic heterocycles. The van der Waals surface area contributed by atoms with Gasteiger partial charge in [-0.3, -0.25) is 29.5 Å². The molecule has 2 N–H and O–H groups in total. The van der Waals surface area contributed by atoms with E-state index in [-0.39, 0.29) is 40.8 Å². The first-order valence-corrected chi connectivity index (χ1v) is 19.7. The summed E-state index contributed by atoms with van der Waals surface area (Å²) in [5, 5.41) is 12.6. The van der Waals surface area contributed by atoms with Crippen LogP contribution in [0.3, 0.4) is 0 Å². The smallest absolute Gasteiger partial charge is 0.260 e.